The first-order valence-electron chi connectivity index (χ1n) is 5.43. The van der Waals surface area contributed by atoms with Gasteiger partial charge in [-0.2, -0.15) is 0 Å². The van der Waals surface area contributed by atoms with Crippen molar-refractivity contribution in [3.8, 4) is 0 Å². The molecule has 92 valence electrons. The van der Waals surface area contributed by atoms with Crippen molar-refractivity contribution in [1.82, 2.24) is 9.88 Å². The van der Waals surface area contributed by atoms with Crippen LogP contribution >= 0.6 is 0 Å². The number of aromatic nitrogens is 1. The summed E-state index contributed by atoms with van der Waals surface area (Å²) in [5.74, 6) is -0.149. The Morgan fingerprint density at radius 1 is 1.35 bits per heavy atom. The van der Waals surface area contributed by atoms with Crippen molar-refractivity contribution in [3.05, 3.63) is 30.0 Å². The van der Waals surface area contributed by atoms with Crippen molar-refractivity contribution >= 4 is 21.0 Å². The molecule has 0 unspecified atom stereocenters. The minimum atomic E-state index is -3.33. The molecule has 0 saturated carbocycles. The molecule has 0 fully saturated rings. The van der Waals surface area contributed by atoms with Gasteiger partial charge in [-0.3, -0.25) is 0 Å². The standard InChI is InChI=1S/C11H14N2O3S/c1-2-7-12-17(14,15)8-10-9-5-3-4-6-11(9)16-13-10/h3-6,12H,2,7-8H2,1H3. The molecule has 17 heavy (non-hydrogen) atoms. The second-order valence-corrected chi connectivity index (χ2v) is 5.59. The number of sulfonamides is 1. The molecule has 0 radical (unpaired) electrons. The minimum absolute atomic E-state index is 0.149. The van der Waals surface area contributed by atoms with E-state index in [4.69, 9.17) is 4.52 Å². The summed E-state index contributed by atoms with van der Waals surface area (Å²) in [5, 5.41) is 4.54. The average Bonchev–Trinajstić information content (AvgIpc) is 2.70. The van der Waals surface area contributed by atoms with E-state index < -0.39 is 10.0 Å². The average molecular weight is 254 g/mol. The van der Waals surface area contributed by atoms with E-state index in [2.05, 4.69) is 9.88 Å². The van der Waals surface area contributed by atoms with Crippen molar-refractivity contribution in [2.24, 2.45) is 0 Å². The lowest BCUT2D eigenvalue weighted by molar-refractivity contribution is 0.448. The zero-order chi connectivity index (χ0) is 12.3. The van der Waals surface area contributed by atoms with Crippen molar-refractivity contribution in [2.45, 2.75) is 19.1 Å². The number of hydrogen-bond donors (Lipinski definition) is 1. The van der Waals surface area contributed by atoms with Crippen LogP contribution in [0.25, 0.3) is 11.0 Å². The van der Waals surface area contributed by atoms with Crippen LogP contribution in [0.4, 0.5) is 0 Å². The van der Waals surface area contributed by atoms with Gasteiger partial charge in [0.2, 0.25) is 10.0 Å². The van der Waals surface area contributed by atoms with Crippen LogP contribution in [0, 0.1) is 0 Å². The SMILES string of the molecule is CCCNS(=O)(=O)Cc1noc2ccccc12. The third-order valence-electron chi connectivity index (χ3n) is 2.35. The van der Waals surface area contributed by atoms with Crippen LogP contribution < -0.4 is 4.72 Å². The van der Waals surface area contributed by atoms with Crippen LogP contribution in [0.2, 0.25) is 0 Å². The molecule has 5 nitrogen and oxygen atoms in total. The Morgan fingerprint density at radius 2 is 2.12 bits per heavy atom. The molecule has 2 aromatic rings. The van der Waals surface area contributed by atoms with Gasteiger partial charge in [-0.1, -0.05) is 24.2 Å². The van der Waals surface area contributed by atoms with E-state index in [9.17, 15) is 8.42 Å². The first kappa shape index (κ1) is 12.1. The molecule has 1 aromatic carbocycles. The normalized spacial score (nSPS) is 12.1. The maximum absolute atomic E-state index is 11.7. The molecule has 6 heteroatoms. The fraction of sp³-hybridized carbons (Fsp3) is 0.364. The molecule has 0 bridgehead atoms. The molecule has 0 aliphatic heterocycles. The first-order chi connectivity index (χ1) is 8.12. The summed E-state index contributed by atoms with van der Waals surface area (Å²) in [6.07, 6.45) is 0.763. The quantitative estimate of drug-likeness (QED) is 0.880. The maximum Gasteiger partial charge on any atom is 0.217 e. The number of para-hydroxylation sites is 1. The van der Waals surface area contributed by atoms with Crippen LogP contribution in [0.3, 0.4) is 0 Å². The van der Waals surface area contributed by atoms with Gasteiger partial charge in [-0.05, 0) is 18.6 Å². The summed E-state index contributed by atoms with van der Waals surface area (Å²) in [4.78, 5) is 0. The summed E-state index contributed by atoms with van der Waals surface area (Å²) in [7, 11) is -3.33. The van der Waals surface area contributed by atoms with E-state index in [1.807, 2.05) is 19.1 Å². The van der Waals surface area contributed by atoms with Gasteiger partial charge in [0.05, 0.1) is 0 Å². The van der Waals surface area contributed by atoms with Gasteiger partial charge in [0.15, 0.2) is 5.58 Å². The number of nitrogens with one attached hydrogen (secondary N) is 1. The molecule has 1 aromatic heterocycles. The van der Waals surface area contributed by atoms with Gasteiger partial charge < -0.3 is 4.52 Å². The van der Waals surface area contributed by atoms with Gasteiger partial charge >= 0.3 is 0 Å². The zero-order valence-corrected chi connectivity index (χ0v) is 10.3. The monoisotopic (exact) mass is 254 g/mol. The maximum atomic E-state index is 11.7. The fourth-order valence-electron chi connectivity index (χ4n) is 1.53. The van der Waals surface area contributed by atoms with Gasteiger partial charge in [0, 0.05) is 11.9 Å². The van der Waals surface area contributed by atoms with Crippen molar-refractivity contribution < 1.29 is 12.9 Å². The highest BCUT2D eigenvalue weighted by atomic mass is 32.2. The molecule has 1 heterocycles. The highest BCUT2D eigenvalue weighted by Crippen LogP contribution is 2.19. The third kappa shape index (κ3) is 2.83. The van der Waals surface area contributed by atoms with Gasteiger partial charge in [0.1, 0.15) is 11.4 Å². The Kier molecular flexibility index (Phi) is 3.44. The minimum Gasteiger partial charge on any atom is -0.356 e. The number of rotatable bonds is 5. The van der Waals surface area contributed by atoms with Crippen molar-refractivity contribution in [3.63, 3.8) is 0 Å². The Bertz CT molecular complexity index is 604. The Balaban J connectivity index is 2.24. The van der Waals surface area contributed by atoms with Crippen molar-refractivity contribution in [1.29, 1.82) is 0 Å². The summed E-state index contributed by atoms with van der Waals surface area (Å²) >= 11 is 0. The molecule has 2 rings (SSSR count). The molecular weight excluding hydrogens is 240 g/mol. The van der Waals surface area contributed by atoms with Crippen molar-refractivity contribution in [2.75, 3.05) is 6.54 Å². The fourth-order valence-corrected chi connectivity index (χ4v) is 2.72. The highest BCUT2D eigenvalue weighted by Gasteiger charge is 2.16. The highest BCUT2D eigenvalue weighted by molar-refractivity contribution is 7.88. The summed E-state index contributed by atoms with van der Waals surface area (Å²) in [6, 6.07) is 7.21. The number of fused-ring (bicyclic) bond motifs is 1. The van der Waals surface area contributed by atoms with E-state index in [0.29, 0.717) is 17.8 Å². The van der Waals surface area contributed by atoms with Gasteiger partial charge in [0.25, 0.3) is 0 Å². The van der Waals surface area contributed by atoms with E-state index in [1.54, 1.807) is 12.1 Å². The molecule has 0 atom stereocenters. The molecule has 0 aliphatic carbocycles. The Hall–Kier alpha value is -1.40. The number of hydrogen-bond acceptors (Lipinski definition) is 4. The Labute approximate surface area is 99.8 Å². The number of benzene rings is 1. The van der Waals surface area contributed by atoms with E-state index in [-0.39, 0.29) is 5.75 Å². The molecule has 0 amide bonds. The lowest BCUT2D eigenvalue weighted by Gasteiger charge is -2.02. The topological polar surface area (TPSA) is 72.2 Å². The smallest absolute Gasteiger partial charge is 0.217 e. The predicted molar refractivity (Wildman–Crippen MR) is 64.9 cm³/mol. The lowest BCUT2D eigenvalue weighted by atomic mass is 10.2. The molecule has 0 spiro atoms. The van der Waals surface area contributed by atoms with Crippen LogP contribution in [0.5, 0.6) is 0 Å². The van der Waals surface area contributed by atoms with Gasteiger partial charge in [-0.25, -0.2) is 13.1 Å². The molecule has 0 saturated heterocycles. The van der Waals surface area contributed by atoms with Crippen LogP contribution in [-0.2, 0) is 15.8 Å². The second-order valence-electron chi connectivity index (χ2n) is 3.78. The van der Waals surface area contributed by atoms with E-state index in [0.717, 1.165) is 11.8 Å². The predicted octanol–water partition coefficient (Wildman–Crippen LogP) is 1.66. The lowest BCUT2D eigenvalue weighted by Crippen LogP contribution is -2.25. The largest absolute Gasteiger partial charge is 0.356 e. The second kappa shape index (κ2) is 4.85. The molecule has 0 aliphatic rings. The summed E-state index contributed by atoms with van der Waals surface area (Å²) in [6.45, 7) is 2.35. The number of nitrogens with zero attached hydrogens (tertiary/aromatic N) is 1. The summed E-state index contributed by atoms with van der Waals surface area (Å²) < 4.78 is 31.0. The van der Waals surface area contributed by atoms with Crippen LogP contribution in [0.1, 0.15) is 19.0 Å². The molecular formula is C11H14N2O3S. The van der Waals surface area contributed by atoms with E-state index in [1.165, 1.54) is 0 Å². The molecule has 1 N–H and O–H groups in total. The summed E-state index contributed by atoms with van der Waals surface area (Å²) in [5.41, 5.74) is 1.05. The Morgan fingerprint density at radius 3 is 2.88 bits per heavy atom. The van der Waals surface area contributed by atoms with E-state index >= 15 is 0 Å². The first-order valence-corrected chi connectivity index (χ1v) is 7.08. The van der Waals surface area contributed by atoms with Crippen LogP contribution in [-0.4, -0.2) is 20.1 Å². The third-order valence-corrected chi connectivity index (χ3v) is 3.65. The van der Waals surface area contributed by atoms with Gasteiger partial charge in [-0.15, -0.1) is 0 Å². The zero-order valence-electron chi connectivity index (χ0n) is 9.51. The van der Waals surface area contributed by atoms with Crippen LogP contribution in [0.15, 0.2) is 28.8 Å².